The summed E-state index contributed by atoms with van der Waals surface area (Å²) in [6, 6.07) is 8.86. The van der Waals surface area contributed by atoms with Gasteiger partial charge in [0.05, 0.1) is 17.4 Å². The van der Waals surface area contributed by atoms with Gasteiger partial charge in [0.1, 0.15) is 0 Å². The topological polar surface area (TPSA) is 86.0 Å². The summed E-state index contributed by atoms with van der Waals surface area (Å²) in [5.41, 5.74) is 8.88. The Labute approximate surface area is 144 Å². The first-order valence-corrected chi connectivity index (χ1v) is 9.06. The number of nitrogens with one attached hydrogen (secondary N) is 4. The van der Waals surface area contributed by atoms with E-state index in [1.54, 1.807) is 0 Å². The molecule has 0 bridgehead atoms. The average Bonchev–Trinajstić information content (AvgIpc) is 2.64. The molecule has 0 amide bonds. The second-order valence-electron chi connectivity index (χ2n) is 6.87. The molecule has 1 unspecified atom stereocenters. The van der Waals surface area contributed by atoms with Gasteiger partial charge in [-0.25, -0.2) is 0 Å². The van der Waals surface area contributed by atoms with Crippen LogP contribution in [0.15, 0.2) is 36.0 Å². The molecule has 1 heterocycles. The maximum absolute atomic E-state index is 7.77. The van der Waals surface area contributed by atoms with Crippen molar-refractivity contribution < 1.29 is 0 Å². The van der Waals surface area contributed by atoms with Crippen molar-refractivity contribution in [3.63, 3.8) is 0 Å². The molecular formula is C19H29N5. The Bertz CT molecular complexity index is 575. The van der Waals surface area contributed by atoms with Crippen LogP contribution in [-0.4, -0.2) is 31.4 Å². The van der Waals surface area contributed by atoms with E-state index in [0.29, 0.717) is 6.04 Å². The van der Waals surface area contributed by atoms with E-state index in [-0.39, 0.29) is 6.04 Å². The summed E-state index contributed by atoms with van der Waals surface area (Å²) in [6.45, 7) is 1.60. The van der Waals surface area contributed by atoms with Crippen LogP contribution in [0.4, 0.5) is 11.4 Å². The minimum absolute atomic E-state index is 0.124. The maximum atomic E-state index is 7.77. The van der Waals surface area contributed by atoms with Gasteiger partial charge in [-0.2, -0.15) is 0 Å². The molecule has 1 atom stereocenters. The molecule has 1 aromatic carbocycles. The SMILES string of the molecule is N=C/C(=C\NC1CCC(CCN)CC1)C1CNc2ccccc2N1. The largest absolute Gasteiger partial charge is 0.388 e. The van der Waals surface area contributed by atoms with E-state index in [0.717, 1.165) is 42.4 Å². The van der Waals surface area contributed by atoms with Crippen LogP contribution in [0.2, 0.25) is 0 Å². The zero-order chi connectivity index (χ0) is 16.8. The Morgan fingerprint density at radius 2 is 1.96 bits per heavy atom. The highest BCUT2D eigenvalue weighted by Crippen LogP contribution is 2.28. The second-order valence-corrected chi connectivity index (χ2v) is 6.87. The normalized spacial score (nSPS) is 26.7. The van der Waals surface area contributed by atoms with Gasteiger partial charge in [0.15, 0.2) is 0 Å². The Morgan fingerprint density at radius 3 is 2.67 bits per heavy atom. The van der Waals surface area contributed by atoms with Crippen LogP contribution in [0, 0.1) is 11.3 Å². The lowest BCUT2D eigenvalue weighted by Crippen LogP contribution is -2.37. The van der Waals surface area contributed by atoms with Crippen molar-refractivity contribution in [2.45, 2.75) is 44.2 Å². The van der Waals surface area contributed by atoms with E-state index in [2.05, 4.69) is 28.1 Å². The number of para-hydroxylation sites is 2. The van der Waals surface area contributed by atoms with Crippen molar-refractivity contribution in [1.29, 1.82) is 5.41 Å². The highest BCUT2D eigenvalue weighted by atomic mass is 15.1. The van der Waals surface area contributed by atoms with Gasteiger partial charge in [-0.3, -0.25) is 0 Å². The molecule has 1 saturated carbocycles. The van der Waals surface area contributed by atoms with Crippen molar-refractivity contribution >= 4 is 17.6 Å². The summed E-state index contributed by atoms with van der Waals surface area (Å²) in [4.78, 5) is 0. The van der Waals surface area contributed by atoms with Crippen molar-refractivity contribution in [1.82, 2.24) is 5.32 Å². The van der Waals surface area contributed by atoms with Crippen LogP contribution in [-0.2, 0) is 0 Å². The molecular weight excluding hydrogens is 298 g/mol. The third kappa shape index (κ3) is 4.09. The summed E-state index contributed by atoms with van der Waals surface area (Å²) in [5, 5.41) is 18.3. The zero-order valence-electron chi connectivity index (χ0n) is 14.2. The Balaban J connectivity index is 1.55. The van der Waals surface area contributed by atoms with E-state index in [4.69, 9.17) is 11.1 Å². The van der Waals surface area contributed by atoms with Crippen molar-refractivity contribution in [3.05, 3.63) is 36.0 Å². The predicted octanol–water partition coefficient (Wildman–Crippen LogP) is 2.92. The molecule has 1 aliphatic heterocycles. The smallest absolute Gasteiger partial charge is 0.0716 e. The number of benzene rings is 1. The molecule has 0 radical (unpaired) electrons. The van der Waals surface area contributed by atoms with Gasteiger partial charge in [0, 0.05) is 30.6 Å². The van der Waals surface area contributed by atoms with E-state index in [1.807, 2.05) is 18.3 Å². The molecule has 1 aliphatic carbocycles. The monoisotopic (exact) mass is 327 g/mol. The number of anilines is 2. The van der Waals surface area contributed by atoms with Gasteiger partial charge in [-0.1, -0.05) is 12.1 Å². The Morgan fingerprint density at radius 1 is 1.21 bits per heavy atom. The molecule has 0 aromatic heterocycles. The average molecular weight is 327 g/mol. The fourth-order valence-electron chi connectivity index (χ4n) is 3.73. The first kappa shape index (κ1) is 16.8. The van der Waals surface area contributed by atoms with Crippen LogP contribution < -0.4 is 21.7 Å². The van der Waals surface area contributed by atoms with Crippen LogP contribution in [0.3, 0.4) is 0 Å². The molecule has 5 nitrogen and oxygen atoms in total. The number of rotatable bonds is 6. The van der Waals surface area contributed by atoms with Gasteiger partial charge in [0.2, 0.25) is 0 Å². The van der Waals surface area contributed by atoms with Crippen molar-refractivity contribution in [2.24, 2.45) is 11.7 Å². The first-order chi connectivity index (χ1) is 11.8. The molecule has 3 rings (SSSR count). The summed E-state index contributed by atoms with van der Waals surface area (Å²) in [7, 11) is 0. The third-order valence-corrected chi connectivity index (χ3v) is 5.23. The highest BCUT2D eigenvalue weighted by molar-refractivity contribution is 5.81. The molecule has 6 N–H and O–H groups in total. The van der Waals surface area contributed by atoms with E-state index in [1.165, 1.54) is 31.9 Å². The van der Waals surface area contributed by atoms with E-state index >= 15 is 0 Å². The minimum Gasteiger partial charge on any atom is -0.388 e. The lowest BCUT2D eigenvalue weighted by molar-refractivity contribution is 0.296. The summed E-state index contributed by atoms with van der Waals surface area (Å²) < 4.78 is 0. The standard InChI is InChI=1S/C19H29N5/c20-10-9-14-5-7-16(8-6-14)22-12-15(11-21)19-13-23-17-3-1-2-4-18(17)24-19/h1-4,11-12,14,16,19,21-24H,5-10,13,20H2/b15-12+,21-11?. The van der Waals surface area contributed by atoms with Crippen molar-refractivity contribution in [2.75, 3.05) is 23.7 Å². The molecule has 1 fully saturated rings. The minimum atomic E-state index is 0.124. The maximum Gasteiger partial charge on any atom is 0.0716 e. The first-order valence-electron chi connectivity index (χ1n) is 9.06. The van der Waals surface area contributed by atoms with Crippen LogP contribution in [0.5, 0.6) is 0 Å². The van der Waals surface area contributed by atoms with Crippen LogP contribution in [0.1, 0.15) is 32.1 Å². The second kappa shape index (κ2) is 8.20. The molecule has 130 valence electrons. The van der Waals surface area contributed by atoms with E-state index in [9.17, 15) is 0 Å². The fraction of sp³-hybridized carbons (Fsp3) is 0.526. The molecule has 24 heavy (non-hydrogen) atoms. The van der Waals surface area contributed by atoms with Crippen molar-refractivity contribution in [3.8, 4) is 0 Å². The number of fused-ring (bicyclic) bond motifs is 1. The summed E-state index contributed by atoms with van der Waals surface area (Å²) >= 11 is 0. The number of nitrogens with two attached hydrogens (primary N) is 1. The van der Waals surface area contributed by atoms with Crippen LogP contribution >= 0.6 is 0 Å². The van der Waals surface area contributed by atoms with Crippen LogP contribution in [0.25, 0.3) is 0 Å². The molecule has 0 spiro atoms. The van der Waals surface area contributed by atoms with Gasteiger partial charge < -0.3 is 27.1 Å². The molecule has 2 aliphatic rings. The number of hydrogen-bond donors (Lipinski definition) is 5. The lowest BCUT2D eigenvalue weighted by atomic mass is 9.84. The number of hydrogen-bond acceptors (Lipinski definition) is 5. The van der Waals surface area contributed by atoms with Gasteiger partial charge in [-0.15, -0.1) is 0 Å². The van der Waals surface area contributed by atoms with E-state index < -0.39 is 0 Å². The third-order valence-electron chi connectivity index (χ3n) is 5.23. The van der Waals surface area contributed by atoms with Gasteiger partial charge in [0.25, 0.3) is 0 Å². The Kier molecular flexibility index (Phi) is 5.75. The lowest BCUT2D eigenvalue weighted by Gasteiger charge is -2.31. The highest BCUT2D eigenvalue weighted by Gasteiger charge is 2.22. The van der Waals surface area contributed by atoms with Gasteiger partial charge in [-0.05, 0) is 56.7 Å². The summed E-state index contributed by atoms with van der Waals surface area (Å²) in [5.74, 6) is 0.806. The Hall–Kier alpha value is -2.01. The summed E-state index contributed by atoms with van der Waals surface area (Å²) in [6.07, 6.45) is 9.58. The molecule has 0 saturated heterocycles. The molecule has 1 aromatic rings. The fourth-order valence-corrected chi connectivity index (χ4v) is 3.73. The van der Waals surface area contributed by atoms with Gasteiger partial charge >= 0.3 is 0 Å². The quantitative estimate of drug-likeness (QED) is 0.520. The zero-order valence-corrected chi connectivity index (χ0v) is 14.2. The molecule has 5 heteroatoms. The predicted molar refractivity (Wildman–Crippen MR) is 102 cm³/mol.